The Morgan fingerprint density at radius 2 is 1.86 bits per heavy atom. The van der Waals surface area contributed by atoms with Crippen LogP contribution in [-0.2, 0) is 0 Å². The number of allylic oxidation sites excluding steroid dienone is 4. The molecular formula is C22H22F3N3. The minimum atomic E-state index is -4.41. The number of aryl methyl sites for hydroxylation is 1. The van der Waals surface area contributed by atoms with Crippen LogP contribution in [0.4, 0.5) is 13.2 Å². The molecule has 0 saturated carbocycles. The number of hydrogen-bond donors (Lipinski definition) is 1. The molecule has 0 saturated heterocycles. The highest BCUT2D eigenvalue weighted by atomic mass is 19.4. The first kappa shape index (κ1) is 19.7. The van der Waals surface area contributed by atoms with E-state index in [1.54, 1.807) is 32.3 Å². The first-order chi connectivity index (χ1) is 13.3. The Morgan fingerprint density at radius 3 is 2.46 bits per heavy atom. The van der Waals surface area contributed by atoms with Gasteiger partial charge in [0.2, 0.25) is 0 Å². The van der Waals surface area contributed by atoms with E-state index in [1.807, 2.05) is 37.3 Å². The number of hydrogen-bond acceptors (Lipinski definition) is 1. The number of rotatable bonds is 5. The molecule has 6 heteroatoms. The Kier molecular flexibility index (Phi) is 5.58. The highest BCUT2D eigenvalue weighted by molar-refractivity contribution is 5.68. The summed E-state index contributed by atoms with van der Waals surface area (Å²) in [5, 5.41) is 0. The summed E-state index contributed by atoms with van der Waals surface area (Å²) >= 11 is 0. The molecule has 3 aromatic rings. The van der Waals surface area contributed by atoms with E-state index < -0.39 is 11.7 Å². The van der Waals surface area contributed by atoms with E-state index in [2.05, 4.69) is 9.97 Å². The van der Waals surface area contributed by atoms with E-state index in [4.69, 9.17) is 0 Å². The van der Waals surface area contributed by atoms with Crippen molar-refractivity contribution in [3.8, 4) is 22.6 Å². The predicted octanol–water partition coefficient (Wildman–Crippen LogP) is 6.61. The average molecular weight is 385 g/mol. The molecule has 0 fully saturated rings. The normalized spacial score (nSPS) is 13.2. The molecule has 0 unspecified atom stereocenters. The molecule has 0 spiro atoms. The predicted molar refractivity (Wildman–Crippen MR) is 107 cm³/mol. The molecule has 1 aromatic carbocycles. The van der Waals surface area contributed by atoms with Crippen molar-refractivity contribution in [1.29, 1.82) is 0 Å². The maximum Gasteiger partial charge on any atom is 0.418 e. The zero-order chi connectivity index (χ0) is 20.3. The van der Waals surface area contributed by atoms with E-state index in [0.717, 1.165) is 28.6 Å². The fraction of sp³-hybridized carbons (Fsp3) is 0.227. The number of alkyl halides is 3. The Balaban J connectivity index is 2.03. The molecule has 3 nitrogen and oxygen atoms in total. The molecule has 0 aliphatic rings. The second kappa shape index (κ2) is 7.92. The van der Waals surface area contributed by atoms with Gasteiger partial charge in [-0.05, 0) is 26.3 Å². The van der Waals surface area contributed by atoms with Crippen LogP contribution >= 0.6 is 0 Å². The van der Waals surface area contributed by atoms with Crippen molar-refractivity contribution in [1.82, 2.24) is 14.5 Å². The molecule has 1 N–H and O–H groups in total. The zero-order valence-electron chi connectivity index (χ0n) is 16.0. The van der Waals surface area contributed by atoms with Crippen molar-refractivity contribution < 1.29 is 13.2 Å². The van der Waals surface area contributed by atoms with Crippen molar-refractivity contribution in [2.75, 3.05) is 0 Å². The van der Waals surface area contributed by atoms with Crippen molar-refractivity contribution in [2.45, 2.75) is 33.4 Å². The van der Waals surface area contributed by atoms with Gasteiger partial charge in [-0.15, -0.1) is 0 Å². The molecule has 146 valence electrons. The molecule has 0 aliphatic heterocycles. The largest absolute Gasteiger partial charge is 0.418 e. The number of halogens is 3. The van der Waals surface area contributed by atoms with Gasteiger partial charge in [0, 0.05) is 34.9 Å². The first-order valence-corrected chi connectivity index (χ1v) is 9.09. The third kappa shape index (κ3) is 3.96. The minimum Gasteiger partial charge on any atom is -0.341 e. The quantitative estimate of drug-likeness (QED) is 0.492. The lowest BCUT2D eigenvalue weighted by Gasteiger charge is -2.15. The van der Waals surface area contributed by atoms with Gasteiger partial charge < -0.3 is 9.55 Å². The first-order valence-electron chi connectivity index (χ1n) is 9.09. The fourth-order valence-corrected chi connectivity index (χ4v) is 3.21. The van der Waals surface area contributed by atoms with E-state index in [-0.39, 0.29) is 12.1 Å². The fourth-order valence-electron chi connectivity index (χ4n) is 3.21. The van der Waals surface area contributed by atoms with E-state index in [1.165, 1.54) is 10.6 Å². The van der Waals surface area contributed by atoms with Gasteiger partial charge in [-0.25, -0.2) is 4.98 Å². The van der Waals surface area contributed by atoms with Gasteiger partial charge in [0.15, 0.2) is 0 Å². The SMILES string of the molecule is C/C=C\C(=C(/CC)n1ccc(-c2nc(-c3ccccc3)c(C)[nH]2)c1)C(F)(F)F. The number of aromatic amines is 1. The summed E-state index contributed by atoms with van der Waals surface area (Å²) in [6, 6.07) is 11.5. The summed E-state index contributed by atoms with van der Waals surface area (Å²) in [5.41, 5.74) is 3.02. The Bertz CT molecular complexity index is 1010. The molecule has 0 amide bonds. The van der Waals surface area contributed by atoms with Gasteiger partial charge in [-0.1, -0.05) is 49.4 Å². The number of nitrogens with zero attached hydrogens (tertiary/aromatic N) is 2. The number of aromatic nitrogens is 3. The molecule has 28 heavy (non-hydrogen) atoms. The van der Waals surface area contributed by atoms with E-state index in [9.17, 15) is 13.2 Å². The van der Waals surface area contributed by atoms with Gasteiger partial charge in [0.05, 0.1) is 11.3 Å². The number of benzene rings is 1. The second-order valence-corrected chi connectivity index (χ2v) is 6.44. The smallest absolute Gasteiger partial charge is 0.341 e. The van der Waals surface area contributed by atoms with E-state index >= 15 is 0 Å². The lowest BCUT2D eigenvalue weighted by atomic mass is 10.1. The summed E-state index contributed by atoms with van der Waals surface area (Å²) in [6.45, 7) is 5.23. The lowest BCUT2D eigenvalue weighted by Crippen LogP contribution is -2.14. The van der Waals surface area contributed by atoms with Crippen molar-refractivity contribution in [2.24, 2.45) is 0 Å². The summed E-state index contributed by atoms with van der Waals surface area (Å²) in [7, 11) is 0. The van der Waals surface area contributed by atoms with Crippen LogP contribution in [0.5, 0.6) is 0 Å². The van der Waals surface area contributed by atoms with Gasteiger partial charge >= 0.3 is 6.18 Å². The van der Waals surface area contributed by atoms with Gasteiger partial charge in [-0.3, -0.25) is 0 Å². The molecule has 2 aromatic heterocycles. The van der Waals surface area contributed by atoms with Crippen LogP contribution in [0.1, 0.15) is 26.0 Å². The lowest BCUT2D eigenvalue weighted by molar-refractivity contribution is -0.0880. The zero-order valence-corrected chi connectivity index (χ0v) is 16.0. The van der Waals surface area contributed by atoms with Crippen LogP contribution < -0.4 is 0 Å². The Morgan fingerprint density at radius 1 is 1.14 bits per heavy atom. The van der Waals surface area contributed by atoms with Crippen molar-refractivity contribution in [3.05, 3.63) is 72.2 Å². The van der Waals surface area contributed by atoms with Crippen molar-refractivity contribution in [3.63, 3.8) is 0 Å². The molecule has 0 atom stereocenters. The second-order valence-electron chi connectivity index (χ2n) is 6.44. The summed E-state index contributed by atoms with van der Waals surface area (Å²) in [4.78, 5) is 7.90. The molecule has 3 rings (SSSR count). The van der Waals surface area contributed by atoms with Gasteiger partial charge in [0.25, 0.3) is 0 Å². The molecule has 0 aliphatic carbocycles. The highest BCUT2D eigenvalue weighted by Crippen LogP contribution is 2.34. The summed E-state index contributed by atoms with van der Waals surface area (Å²) < 4.78 is 41.9. The minimum absolute atomic E-state index is 0.198. The maximum atomic E-state index is 13.5. The third-order valence-electron chi connectivity index (χ3n) is 4.49. The topological polar surface area (TPSA) is 33.6 Å². The molecule has 0 bridgehead atoms. The third-order valence-corrected chi connectivity index (χ3v) is 4.49. The summed E-state index contributed by atoms with van der Waals surface area (Å²) in [5.74, 6) is 0.630. The van der Waals surface area contributed by atoms with Gasteiger partial charge in [-0.2, -0.15) is 13.2 Å². The number of imidazole rings is 1. The van der Waals surface area contributed by atoms with Crippen LogP contribution in [0.2, 0.25) is 0 Å². The number of nitrogens with one attached hydrogen (secondary N) is 1. The molecule has 0 radical (unpaired) electrons. The van der Waals surface area contributed by atoms with Gasteiger partial charge in [0.1, 0.15) is 5.82 Å². The summed E-state index contributed by atoms with van der Waals surface area (Å²) in [6.07, 6.45) is 1.68. The maximum absolute atomic E-state index is 13.5. The molecule has 2 heterocycles. The number of H-pyrrole nitrogens is 1. The van der Waals surface area contributed by atoms with E-state index in [0.29, 0.717) is 5.82 Å². The highest BCUT2D eigenvalue weighted by Gasteiger charge is 2.34. The Labute approximate surface area is 162 Å². The molecular weight excluding hydrogens is 363 g/mol. The van der Waals surface area contributed by atoms with Crippen LogP contribution in [0.15, 0.2) is 66.5 Å². The van der Waals surface area contributed by atoms with Crippen molar-refractivity contribution >= 4 is 5.70 Å². The monoisotopic (exact) mass is 385 g/mol. The van der Waals surface area contributed by atoms with Crippen LogP contribution in [0.25, 0.3) is 28.3 Å². The Hall–Kier alpha value is -3.02. The van der Waals surface area contributed by atoms with Crippen LogP contribution in [-0.4, -0.2) is 20.7 Å². The van der Waals surface area contributed by atoms with Crippen LogP contribution in [0, 0.1) is 6.92 Å². The average Bonchev–Trinajstić information content (AvgIpc) is 3.28. The van der Waals surface area contributed by atoms with Crippen LogP contribution in [0.3, 0.4) is 0 Å². The standard InChI is InChI=1S/C22H22F3N3/c1-4-9-18(22(23,24)25)19(5-2)28-13-12-17(14-28)21-26-15(3)20(27-21)16-10-7-6-8-11-16/h4,6-14H,5H2,1-3H3,(H,26,27)/b9-4-,19-18-.